The lowest BCUT2D eigenvalue weighted by molar-refractivity contribution is -0.152. The summed E-state index contributed by atoms with van der Waals surface area (Å²) in [5.41, 5.74) is 0.349. The Hall–Kier alpha value is -0.180. The van der Waals surface area contributed by atoms with Gasteiger partial charge in [-0.15, -0.1) is 0 Å². The molecular weight excluding hydrogens is 244 g/mol. The standard InChI is InChI=1S/C14H28O2S.CH4/c1-11(14(5,6)7)16-12(15)8-9-17-10-13(2,3)4;/h11H,8-10H2,1-7H3;1H4. The molecule has 0 aromatic heterocycles. The van der Waals surface area contributed by atoms with Crippen molar-refractivity contribution in [1.82, 2.24) is 0 Å². The molecular formula is C15H32O2S. The number of carbonyl (C=O) groups excluding carboxylic acids is 1. The first-order valence-electron chi connectivity index (χ1n) is 6.29. The molecule has 0 aromatic rings. The van der Waals surface area contributed by atoms with Crippen molar-refractivity contribution < 1.29 is 9.53 Å². The lowest BCUT2D eigenvalue weighted by Gasteiger charge is -2.26. The van der Waals surface area contributed by atoms with Crippen molar-refractivity contribution in [3.8, 4) is 0 Å². The Labute approximate surface area is 118 Å². The molecule has 0 fully saturated rings. The van der Waals surface area contributed by atoms with Crippen LogP contribution in [-0.2, 0) is 9.53 Å². The van der Waals surface area contributed by atoms with Crippen LogP contribution < -0.4 is 0 Å². The third-order valence-corrected chi connectivity index (χ3v) is 4.08. The summed E-state index contributed by atoms with van der Waals surface area (Å²) in [6, 6.07) is 0. The van der Waals surface area contributed by atoms with Gasteiger partial charge in [-0.1, -0.05) is 49.0 Å². The second kappa shape index (κ2) is 8.08. The zero-order valence-corrected chi connectivity index (χ0v) is 13.2. The van der Waals surface area contributed by atoms with Crippen LogP contribution in [0.25, 0.3) is 0 Å². The van der Waals surface area contributed by atoms with E-state index in [0.29, 0.717) is 11.8 Å². The van der Waals surface area contributed by atoms with Crippen LogP contribution >= 0.6 is 11.8 Å². The molecule has 0 aliphatic rings. The van der Waals surface area contributed by atoms with Gasteiger partial charge in [-0.3, -0.25) is 4.79 Å². The van der Waals surface area contributed by atoms with Crippen molar-refractivity contribution in [3.05, 3.63) is 0 Å². The van der Waals surface area contributed by atoms with Crippen molar-refractivity contribution >= 4 is 17.7 Å². The molecule has 0 aliphatic heterocycles. The van der Waals surface area contributed by atoms with E-state index in [9.17, 15) is 4.79 Å². The molecule has 2 nitrogen and oxygen atoms in total. The number of ether oxygens (including phenoxy) is 1. The summed E-state index contributed by atoms with van der Waals surface area (Å²) in [5.74, 6) is 1.86. The Kier molecular flexibility index (Phi) is 9.05. The topological polar surface area (TPSA) is 26.3 Å². The highest BCUT2D eigenvalue weighted by Crippen LogP contribution is 2.23. The largest absolute Gasteiger partial charge is 0.462 e. The van der Waals surface area contributed by atoms with E-state index in [4.69, 9.17) is 4.74 Å². The van der Waals surface area contributed by atoms with Gasteiger partial charge in [0.2, 0.25) is 0 Å². The summed E-state index contributed by atoms with van der Waals surface area (Å²) in [4.78, 5) is 11.6. The summed E-state index contributed by atoms with van der Waals surface area (Å²) in [6.07, 6.45) is 0.490. The maximum absolute atomic E-state index is 11.6. The fraction of sp³-hybridized carbons (Fsp3) is 0.933. The molecule has 3 heteroatoms. The van der Waals surface area contributed by atoms with Crippen LogP contribution in [0.15, 0.2) is 0 Å². The molecule has 0 bridgehead atoms. The number of carbonyl (C=O) groups is 1. The SMILES string of the molecule is C.CC(OC(=O)CCSCC(C)(C)C)C(C)(C)C. The average Bonchev–Trinajstić information content (AvgIpc) is 2.09. The summed E-state index contributed by atoms with van der Waals surface area (Å²) in [6.45, 7) is 14.8. The predicted octanol–water partition coefficient (Wildman–Crippen LogP) is 4.77. The van der Waals surface area contributed by atoms with Crippen LogP contribution in [0.5, 0.6) is 0 Å². The summed E-state index contributed by atoms with van der Waals surface area (Å²) >= 11 is 1.82. The monoisotopic (exact) mass is 276 g/mol. The average molecular weight is 276 g/mol. The van der Waals surface area contributed by atoms with E-state index in [1.807, 2.05) is 18.7 Å². The second-order valence-corrected chi connectivity index (χ2v) is 7.97. The minimum atomic E-state index is -0.0752. The highest BCUT2D eigenvalue weighted by molar-refractivity contribution is 7.99. The highest BCUT2D eigenvalue weighted by Gasteiger charge is 2.23. The molecule has 0 aromatic carbocycles. The molecule has 0 saturated carbocycles. The molecule has 0 heterocycles. The number of hydrogen-bond acceptors (Lipinski definition) is 3. The van der Waals surface area contributed by atoms with Gasteiger partial charge < -0.3 is 4.74 Å². The first-order chi connectivity index (χ1) is 7.52. The van der Waals surface area contributed by atoms with Gasteiger partial charge in [-0.25, -0.2) is 0 Å². The Balaban J connectivity index is 0. The van der Waals surface area contributed by atoms with Crippen LogP contribution in [-0.4, -0.2) is 23.6 Å². The van der Waals surface area contributed by atoms with Gasteiger partial charge in [-0.05, 0) is 23.5 Å². The predicted molar refractivity (Wildman–Crippen MR) is 83.1 cm³/mol. The van der Waals surface area contributed by atoms with Gasteiger partial charge in [0, 0.05) is 5.75 Å². The molecule has 0 radical (unpaired) electrons. The fourth-order valence-electron chi connectivity index (χ4n) is 0.967. The quantitative estimate of drug-likeness (QED) is 0.534. The van der Waals surface area contributed by atoms with Gasteiger partial charge in [-0.2, -0.15) is 11.8 Å². The van der Waals surface area contributed by atoms with E-state index in [2.05, 4.69) is 41.5 Å². The van der Waals surface area contributed by atoms with E-state index >= 15 is 0 Å². The minimum absolute atomic E-state index is 0. The number of thioether (sulfide) groups is 1. The van der Waals surface area contributed by atoms with Crippen molar-refractivity contribution in [2.24, 2.45) is 10.8 Å². The molecule has 0 N–H and O–H groups in total. The lowest BCUT2D eigenvalue weighted by Crippen LogP contribution is -2.28. The Bertz CT molecular complexity index is 236. The van der Waals surface area contributed by atoms with Crippen molar-refractivity contribution in [2.75, 3.05) is 11.5 Å². The molecule has 1 unspecified atom stereocenters. The number of rotatable bonds is 5. The van der Waals surface area contributed by atoms with Crippen molar-refractivity contribution in [2.45, 2.75) is 68.4 Å². The van der Waals surface area contributed by atoms with Gasteiger partial charge in [0.05, 0.1) is 6.42 Å². The molecule has 0 spiro atoms. The van der Waals surface area contributed by atoms with Gasteiger partial charge >= 0.3 is 5.97 Å². The Morgan fingerprint density at radius 1 is 1.17 bits per heavy atom. The minimum Gasteiger partial charge on any atom is -0.462 e. The molecule has 0 aliphatic carbocycles. The zero-order chi connectivity index (χ0) is 13.7. The normalized spacial score (nSPS) is 13.7. The Morgan fingerprint density at radius 3 is 2.06 bits per heavy atom. The fourth-order valence-corrected chi connectivity index (χ4v) is 2.03. The van der Waals surface area contributed by atoms with Crippen LogP contribution in [0.1, 0.15) is 62.3 Å². The summed E-state index contributed by atoms with van der Waals surface area (Å²) in [5, 5.41) is 0. The molecule has 0 saturated heterocycles. The Morgan fingerprint density at radius 2 is 1.67 bits per heavy atom. The van der Waals surface area contributed by atoms with E-state index in [0.717, 1.165) is 11.5 Å². The first-order valence-corrected chi connectivity index (χ1v) is 7.45. The van der Waals surface area contributed by atoms with Crippen LogP contribution in [0.2, 0.25) is 0 Å². The third kappa shape index (κ3) is 10.9. The maximum Gasteiger partial charge on any atom is 0.306 e. The molecule has 0 rings (SSSR count). The lowest BCUT2D eigenvalue weighted by atomic mass is 9.90. The molecule has 1 atom stereocenters. The zero-order valence-electron chi connectivity index (χ0n) is 12.4. The van der Waals surface area contributed by atoms with E-state index in [-0.39, 0.29) is 24.9 Å². The van der Waals surface area contributed by atoms with E-state index in [1.54, 1.807) is 0 Å². The van der Waals surface area contributed by atoms with E-state index < -0.39 is 0 Å². The van der Waals surface area contributed by atoms with Crippen molar-refractivity contribution in [1.29, 1.82) is 0 Å². The molecule has 18 heavy (non-hydrogen) atoms. The summed E-state index contributed by atoms with van der Waals surface area (Å²) in [7, 11) is 0. The van der Waals surface area contributed by atoms with Crippen LogP contribution in [0.3, 0.4) is 0 Å². The molecule has 0 amide bonds. The van der Waals surface area contributed by atoms with Crippen LogP contribution in [0.4, 0.5) is 0 Å². The maximum atomic E-state index is 11.6. The smallest absolute Gasteiger partial charge is 0.306 e. The van der Waals surface area contributed by atoms with Gasteiger partial charge in [0.1, 0.15) is 6.10 Å². The van der Waals surface area contributed by atoms with E-state index in [1.165, 1.54) is 0 Å². The highest BCUT2D eigenvalue weighted by atomic mass is 32.2. The van der Waals surface area contributed by atoms with Crippen molar-refractivity contribution in [3.63, 3.8) is 0 Å². The summed E-state index contributed by atoms with van der Waals surface area (Å²) < 4.78 is 5.39. The first kappa shape index (κ1) is 20.1. The number of esters is 1. The van der Waals surface area contributed by atoms with Gasteiger partial charge in [0.15, 0.2) is 0 Å². The van der Waals surface area contributed by atoms with Crippen LogP contribution in [0, 0.1) is 10.8 Å². The third-order valence-electron chi connectivity index (χ3n) is 2.51. The number of hydrogen-bond donors (Lipinski definition) is 0. The van der Waals surface area contributed by atoms with Gasteiger partial charge in [0.25, 0.3) is 0 Å². The molecule has 110 valence electrons. The second-order valence-electron chi connectivity index (χ2n) is 6.86.